The number of nitrogens with zero attached hydrogens (tertiary/aromatic N) is 2. The topological polar surface area (TPSA) is 77.1 Å². The normalized spacial score (nSPS) is 10.5. The van der Waals surface area contributed by atoms with Crippen LogP contribution in [-0.4, -0.2) is 34.6 Å². The molecule has 0 radical (unpaired) electrons. The highest BCUT2D eigenvalue weighted by molar-refractivity contribution is 5.94. The van der Waals surface area contributed by atoms with E-state index in [4.69, 9.17) is 9.47 Å². The van der Waals surface area contributed by atoms with Crippen molar-refractivity contribution < 1.29 is 23.0 Å². The van der Waals surface area contributed by atoms with Crippen LogP contribution in [0.1, 0.15) is 24.3 Å². The van der Waals surface area contributed by atoms with Crippen molar-refractivity contribution >= 4 is 5.97 Å². The molecule has 1 aromatic heterocycles. The van der Waals surface area contributed by atoms with Gasteiger partial charge in [0.15, 0.2) is 17.3 Å². The second kappa shape index (κ2) is 6.29. The minimum Gasteiger partial charge on any atom is -0.490 e. The van der Waals surface area contributed by atoms with Gasteiger partial charge in [0, 0.05) is 6.07 Å². The minimum atomic E-state index is -0.885. The van der Waals surface area contributed by atoms with Crippen molar-refractivity contribution in [3.8, 4) is 17.0 Å². The van der Waals surface area contributed by atoms with E-state index < -0.39 is 17.6 Å². The number of hydrogen-bond donors (Lipinski definition) is 1. The second-order valence-electron chi connectivity index (χ2n) is 3.94. The molecular weight excluding hydrogens is 284 g/mol. The maximum atomic E-state index is 13.8. The third-order valence-electron chi connectivity index (χ3n) is 2.57. The number of ether oxygens (including phenoxy) is 2. The maximum Gasteiger partial charge on any atom is 0.361 e. The van der Waals surface area contributed by atoms with Crippen molar-refractivity contribution in [3.63, 3.8) is 0 Å². The molecule has 1 N–H and O–H groups in total. The van der Waals surface area contributed by atoms with E-state index in [0.29, 0.717) is 6.07 Å². The van der Waals surface area contributed by atoms with Crippen LogP contribution in [0.4, 0.5) is 8.78 Å². The first-order valence-corrected chi connectivity index (χ1v) is 6.28. The summed E-state index contributed by atoms with van der Waals surface area (Å²) in [5.74, 6) is -2.64. The molecule has 0 unspecified atom stereocenters. The fourth-order valence-electron chi connectivity index (χ4n) is 1.79. The van der Waals surface area contributed by atoms with Crippen LogP contribution in [0, 0.1) is 11.6 Å². The lowest BCUT2D eigenvalue weighted by molar-refractivity contribution is 0.0520. The predicted octanol–water partition coefficient (Wildman–Crippen LogP) is 2.33. The average Bonchev–Trinajstić information content (AvgIpc) is 2.91. The van der Waals surface area contributed by atoms with Crippen LogP contribution >= 0.6 is 0 Å². The number of esters is 1. The van der Waals surface area contributed by atoms with Gasteiger partial charge in [0.25, 0.3) is 0 Å². The van der Waals surface area contributed by atoms with Crippen LogP contribution in [0.15, 0.2) is 12.1 Å². The number of carbonyl (C=O) groups excluding carboxylic acids is 1. The van der Waals surface area contributed by atoms with Crippen molar-refractivity contribution in [3.05, 3.63) is 29.5 Å². The molecule has 2 rings (SSSR count). The molecule has 1 heterocycles. The van der Waals surface area contributed by atoms with Gasteiger partial charge in [-0.15, -0.1) is 5.10 Å². The van der Waals surface area contributed by atoms with E-state index >= 15 is 0 Å². The van der Waals surface area contributed by atoms with Crippen molar-refractivity contribution in [2.24, 2.45) is 0 Å². The highest BCUT2D eigenvalue weighted by atomic mass is 19.1. The standard InChI is InChI=1S/C13H13F2N3O3/c1-3-20-12-8(5-7(14)6-9(12)15)10-11(17-18-16-10)13(19)21-4-2/h5-6H,3-4H2,1-2H3,(H,16,17,18). The number of aromatic nitrogens is 3. The van der Waals surface area contributed by atoms with E-state index in [1.807, 2.05) is 0 Å². The Labute approximate surface area is 119 Å². The van der Waals surface area contributed by atoms with Gasteiger partial charge >= 0.3 is 5.97 Å². The van der Waals surface area contributed by atoms with Crippen molar-refractivity contribution in [1.29, 1.82) is 0 Å². The summed E-state index contributed by atoms with van der Waals surface area (Å²) in [6.07, 6.45) is 0. The SMILES string of the molecule is CCOC(=O)c1n[nH]nc1-c1cc(F)cc(F)c1OCC. The molecule has 2 aromatic rings. The fraction of sp³-hybridized carbons (Fsp3) is 0.308. The predicted molar refractivity (Wildman–Crippen MR) is 68.9 cm³/mol. The first-order chi connectivity index (χ1) is 10.1. The third kappa shape index (κ3) is 2.99. The van der Waals surface area contributed by atoms with Crippen LogP contribution < -0.4 is 4.74 Å². The average molecular weight is 297 g/mol. The molecule has 0 aliphatic rings. The molecule has 21 heavy (non-hydrogen) atoms. The van der Waals surface area contributed by atoms with Crippen LogP contribution in [0.25, 0.3) is 11.3 Å². The second-order valence-corrected chi connectivity index (χ2v) is 3.94. The zero-order valence-electron chi connectivity index (χ0n) is 11.4. The summed E-state index contributed by atoms with van der Waals surface area (Å²) in [5.41, 5.74) is -0.204. The molecular formula is C13H13F2N3O3. The Balaban J connectivity index is 2.56. The summed E-state index contributed by atoms with van der Waals surface area (Å²) in [6, 6.07) is 1.72. The van der Waals surface area contributed by atoms with Crippen molar-refractivity contribution in [2.45, 2.75) is 13.8 Å². The smallest absolute Gasteiger partial charge is 0.361 e. The summed E-state index contributed by atoms with van der Waals surface area (Å²) < 4.78 is 37.3. The number of benzene rings is 1. The molecule has 1 aromatic carbocycles. The number of halogens is 2. The summed E-state index contributed by atoms with van der Waals surface area (Å²) in [7, 11) is 0. The molecule has 0 spiro atoms. The number of nitrogens with one attached hydrogen (secondary N) is 1. The van der Waals surface area contributed by atoms with E-state index in [1.54, 1.807) is 13.8 Å². The largest absolute Gasteiger partial charge is 0.490 e. The van der Waals surface area contributed by atoms with E-state index in [-0.39, 0.29) is 35.9 Å². The van der Waals surface area contributed by atoms with Gasteiger partial charge in [-0.25, -0.2) is 13.6 Å². The van der Waals surface area contributed by atoms with Crippen molar-refractivity contribution in [2.75, 3.05) is 13.2 Å². The lowest BCUT2D eigenvalue weighted by atomic mass is 10.1. The van der Waals surface area contributed by atoms with Gasteiger partial charge in [0.2, 0.25) is 0 Å². The highest BCUT2D eigenvalue weighted by Crippen LogP contribution is 2.33. The molecule has 0 fully saturated rings. The van der Waals surface area contributed by atoms with Gasteiger partial charge in [-0.2, -0.15) is 10.3 Å². The third-order valence-corrected chi connectivity index (χ3v) is 2.57. The molecule has 0 atom stereocenters. The summed E-state index contributed by atoms with van der Waals surface area (Å²) in [4.78, 5) is 11.8. The molecule has 112 valence electrons. The van der Waals surface area contributed by atoms with E-state index in [9.17, 15) is 13.6 Å². The lowest BCUT2D eigenvalue weighted by Gasteiger charge is -2.10. The monoisotopic (exact) mass is 297 g/mol. The Hall–Kier alpha value is -2.51. The maximum absolute atomic E-state index is 13.8. The number of rotatable bonds is 5. The number of hydrogen-bond acceptors (Lipinski definition) is 5. The van der Waals surface area contributed by atoms with Gasteiger partial charge in [0.05, 0.1) is 18.8 Å². The quantitative estimate of drug-likeness (QED) is 0.857. The molecule has 0 aliphatic heterocycles. The summed E-state index contributed by atoms with van der Waals surface area (Å²) in [5, 5.41) is 9.67. The minimum absolute atomic E-state index is 0.00819. The van der Waals surface area contributed by atoms with Crippen LogP contribution in [-0.2, 0) is 4.74 Å². The van der Waals surface area contributed by atoms with Gasteiger partial charge in [-0.1, -0.05) is 0 Å². The molecule has 0 amide bonds. The zero-order chi connectivity index (χ0) is 15.4. The van der Waals surface area contributed by atoms with E-state index in [2.05, 4.69) is 15.4 Å². The Morgan fingerprint density at radius 2 is 2.00 bits per heavy atom. The lowest BCUT2D eigenvalue weighted by Crippen LogP contribution is -2.08. The van der Waals surface area contributed by atoms with Gasteiger partial charge < -0.3 is 9.47 Å². The zero-order valence-corrected chi connectivity index (χ0v) is 11.4. The highest BCUT2D eigenvalue weighted by Gasteiger charge is 2.24. The van der Waals surface area contributed by atoms with Crippen LogP contribution in [0.2, 0.25) is 0 Å². The molecule has 0 saturated carbocycles. The van der Waals surface area contributed by atoms with E-state index in [1.165, 1.54) is 0 Å². The molecule has 6 nitrogen and oxygen atoms in total. The summed E-state index contributed by atoms with van der Waals surface area (Å²) >= 11 is 0. The molecule has 0 bridgehead atoms. The van der Waals surface area contributed by atoms with Crippen LogP contribution in [0.5, 0.6) is 5.75 Å². The van der Waals surface area contributed by atoms with Crippen molar-refractivity contribution in [1.82, 2.24) is 15.4 Å². The number of H-pyrrole nitrogens is 1. The summed E-state index contributed by atoms with van der Waals surface area (Å²) in [6.45, 7) is 3.59. The first-order valence-electron chi connectivity index (χ1n) is 6.28. The number of carbonyl (C=O) groups is 1. The fourth-order valence-corrected chi connectivity index (χ4v) is 1.79. The number of aromatic amines is 1. The van der Waals surface area contributed by atoms with Gasteiger partial charge in [0.1, 0.15) is 11.5 Å². The molecule has 0 aliphatic carbocycles. The Morgan fingerprint density at radius 3 is 2.67 bits per heavy atom. The Kier molecular flexibility index (Phi) is 4.46. The Morgan fingerprint density at radius 1 is 1.24 bits per heavy atom. The van der Waals surface area contributed by atoms with Gasteiger partial charge in [-0.05, 0) is 19.9 Å². The molecule has 8 heteroatoms. The Bertz CT molecular complexity index is 658. The van der Waals surface area contributed by atoms with Gasteiger partial charge in [-0.3, -0.25) is 0 Å². The molecule has 0 saturated heterocycles. The van der Waals surface area contributed by atoms with Crippen LogP contribution in [0.3, 0.4) is 0 Å². The first kappa shape index (κ1) is 14.9. The van der Waals surface area contributed by atoms with E-state index in [0.717, 1.165) is 6.07 Å².